The number of hydrogen-bond acceptors (Lipinski definition) is 4. The lowest BCUT2D eigenvalue weighted by Gasteiger charge is -2.57. The summed E-state index contributed by atoms with van der Waals surface area (Å²) < 4.78 is 5.77. The highest BCUT2D eigenvalue weighted by Gasteiger charge is 2.49. The lowest BCUT2D eigenvalue weighted by molar-refractivity contribution is -0.159. The lowest BCUT2D eigenvalue weighted by atomic mass is 9.70. The zero-order chi connectivity index (χ0) is 17.6. The maximum Gasteiger partial charge on any atom is 0.306 e. The first-order chi connectivity index (χ1) is 12.0. The molecule has 2 bridgehead atoms. The van der Waals surface area contributed by atoms with Crippen molar-refractivity contribution in [3.05, 3.63) is 0 Å². The van der Waals surface area contributed by atoms with E-state index >= 15 is 0 Å². The summed E-state index contributed by atoms with van der Waals surface area (Å²) in [4.78, 5) is 29.3. The molecular formula is C20H32N2O3. The molecule has 0 radical (unpaired) electrons. The number of nitrogens with zero attached hydrogens (tertiary/aromatic N) is 2. The van der Waals surface area contributed by atoms with Gasteiger partial charge in [0.25, 0.3) is 0 Å². The van der Waals surface area contributed by atoms with Gasteiger partial charge >= 0.3 is 5.97 Å². The van der Waals surface area contributed by atoms with E-state index < -0.39 is 0 Å². The van der Waals surface area contributed by atoms with Gasteiger partial charge in [0, 0.05) is 51.0 Å². The highest BCUT2D eigenvalue weighted by molar-refractivity contribution is 5.77. The number of carbonyl (C=O) groups excluding carboxylic acids is 2. The molecule has 140 valence electrons. The molecular weight excluding hydrogens is 316 g/mol. The first-order valence-electron chi connectivity index (χ1n) is 10.2. The molecule has 0 aromatic heterocycles. The number of esters is 1. The molecule has 0 spiro atoms. The third kappa shape index (κ3) is 3.44. The Morgan fingerprint density at radius 2 is 1.96 bits per heavy atom. The van der Waals surface area contributed by atoms with Gasteiger partial charge in [-0.1, -0.05) is 13.8 Å². The van der Waals surface area contributed by atoms with Gasteiger partial charge in [-0.2, -0.15) is 0 Å². The van der Waals surface area contributed by atoms with Crippen molar-refractivity contribution in [2.24, 2.45) is 17.8 Å². The average molecular weight is 348 g/mol. The normalized spacial score (nSPS) is 38.3. The van der Waals surface area contributed by atoms with Crippen LogP contribution in [0.1, 0.15) is 58.8 Å². The summed E-state index contributed by atoms with van der Waals surface area (Å²) in [7, 11) is 0. The van der Waals surface area contributed by atoms with Crippen LogP contribution in [-0.4, -0.2) is 59.5 Å². The van der Waals surface area contributed by atoms with Gasteiger partial charge in [0.2, 0.25) is 5.91 Å². The van der Waals surface area contributed by atoms with Crippen LogP contribution in [0, 0.1) is 17.8 Å². The van der Waals surface area contributed by atoms with Crippen LogP contribution in [0.2, 0.25) is 0 Å². The van der Waals surface area contributed by atoms with Crippen LogP contribution < -0.4 is 0 Å². The summed E-state index contributed by atoms with van der Waals surface area (Å²) in [5, 5.41) is 0. The highest BCUT2D eigenvalue weighted by atomic mass is 16.5. The van der Waals surface area contributed by atoms with Crippen LogP contribution in [0.3, 0.4) is 0 Å². The van der Waals surface area contributed by atoms with Crippen LogP contribution in [0.25, 0.3) is 0 Å². The van der Waals surface area contributed by atoms with E-state index in [0.717, 1.165) is 45.3 Å². The number of hydrogen-bond donors (Lipinski definition) is 0. The molecule has 4 fully saturated rings. The summed E-state index contributed by atoms with van der Waals surface area (Å²) in [5.41, 5.74) is 0. The Labute approximate surface area is 151 Å². The first kappa shape index (κ1) is 17.3. The van der Waals surface area contributed by atoms with Crippen LogP contribution in [0.5, 0.6) is 0 Å². The SMILES string of the molecule is CC(C)CC(=O)O[C@@H]1CCN2CC3CC(CN4C(=O)CCCC34)C2C1. The number of amides is 1. The molecule has 4 aliphatic heterocycles. The van der Waals surface area contributed by atoms with Crippen LogP contribution >= 0.6 is 0 Å². The van der Waals surface area contributed by atoms with E-state index in [1.165, 1.54) is 12.8 Å². The van der Waals surface area contributed by atoms with Crippen molar-refractivity contribution >= 4 is 11.9 Å². The molecule has 4 heterocycles. The van der Waals surface area contributed by atoms with Crippen LogP contribution in [0.15, 0.2) is 0 Å². The molecule has 5 nitrogen and oxygen atoms in total. The van der Waals surface area contributed by atoms with Crippen molar-refractivity contribution < 1.29 is 14.3 Å². The third-order valence-electron chi connectivity index (χ3n) is 6.79. The molecule has 0 aromatic rings. The molecule has 0 aliphatic carbocycles. The lowest BCUT2D eigenvalue weighted by Crippen LogP contribution is -2.65. The molecule has 0 aromatic carbocycles. The predicted octanol–water partition coefficient (Wildman–Crippen LogP) is 2.44. The molecule has 1 amide bonds. The van der Waals surface area contributed by atoms with Crippen LogP contribution in [0.4, 0.5) is 0 Å². The quantitative estimate of drug-likeness (QED) is 0.735. The molecule has 4 aliphatic rings. The maximum absolute atomic E-state index is 12.4. The van der Waals surface area contributed by atoms with E-state index in [1.54, 1.807) is 0 Å². The van der Waals surface area contributed by atoms with Gasteiger partial charge in [-0.05, 0) is 43.4 Å². The van der Waals surface area contributed by atoms with E-state index in [-0.39, 0.29) is 12.1 Å². The Kier molecular flexibility index (Phi) is 4.78. The number of rotatable bonds is 3. The fourth-order valence-electron chi connectivity index (χ4n) is 5.73. The molecule has 0 N–H and O–H groups in total. The fraction of sp³-hybridized carbons (Fsp3) is 0.900. The van der Waals surface area contributed by atoms with Crippen molar-refractivity contribution in [2.45, 2.75) is 77.0 Å². The number of ether oxygens (including phenoxy) is 1. The second-order valence-electron chi connectivity index (χ2n) is 9.06. The second-order valence-corrected chi connectivity index (χ2v) is 9.06. The van der Waals surface area contributed by atoms with Gasteiger partial charge in [0.05, 0.1) is 0 Å². The molecule has 5 atom stereocenters. The molecule has 5 heteroatoms. The van der Waals surface area contributed by atoms with Crippen molar-refractivity contribution in [2.75, 3.05) is 19.6 Å². The van der Waals surface area contributed by atoms with Gasteiger partial charge in [-0.3, -0.25) is 14.5 Å². The predicted molar refractivity (Wildman–Crippen MR) is 94.9 cm³/mol. The van der Waals surface area contributed by atoms with Crippen LogP contribution in [-0.2, 0) is 14.3 Å². The van der Waals surface area contributed by atoms with Crippen molar-refractivity contribution in [1.82, 2.24) is 9.80 Å². The summed E-state index contributed by atoms with van der Waals surface area (Å²) in [6, 6.07) is 0.970. The van der Waals surface area contributed by atoms with Crippen molar-refractivity contribution in [3.8, 4) is 0 Å². The summed E-state index contributed by atoms with van der Waals surface area (Å²) >= 11 is 0. The Bertz CT molecular complexity index is 535. The van der Waals surface area contributed by atoms with Gasteiger partial charge in [-0.15, -0.1) is 0 Å². The number of piperidine rings is 4. The van der Waals surface area contributed by atoms with E-state index in [4.69, 9.17) is 4.74 Å². The number of carbonyl (C=O) groups is 2. The highest BCUT2D eigenvalue weighted by Crippen LogP contribution is 2.43. The smallest absolute Gasteiger partial charge is 0.306 e. The summed E-state index contributed by atoms with van der Waals surface area (Å²) in [6.45, 7) is 7.20. The minimum absolute atomic E-state index is 0.0444. The Morgan fingerprint density at radius 3 is 2.76 bits per heavy atom. The Hall–Kier alpha value is -1.10. The molecule has 4 saturated heterocycles. The zero-order valence-corrected chi connectivity index (χ0v) is 15.7. The van der Waals surface area contributed by atoms with E-state index in [0.29, 0.717) is 42.2 Å². The van der Waals surface area contributed by atoms with Crippen molar-refractivity contribution in [1.29, 1.82) is 0 Å². The maximum atomic E-state index is 12.4. The van der Waals surface area contributed by atoms with Gasteiger partial charge < -0.3 is 9.64 Å². The minimum atomic E-state index is -0.0444. The average Bonchev–Trinajstić information content (AvgIpc) is 2.56. The first-order valence-corrected chi connectivity index (χ1v) is 10.2. The molecule has 25 heavy (non-hydrogen) atoms. The van der Waals surface area contributed by atoms with Crippen molar-refractivity contribution in [3.63, 3.8) is 0 Å². The second kappa shape index (κ2) is 6.90. The Morgan fingerprint density at radius 1 is 1.16 bits per heavy atom. The minimum Gasteiger partial charge on any atom is -0.462 e. The molecule has 4 unspecified atom stereocenters. The third-order valence-corrected chi connectivity index (χ3v) is 6.79. The largest absolute Gasteiger partial charge is 0.462 e. The summed E-state index contributed by atoms with van der Waals surface area (Å²) in [6.07, 6.45) is 6.75. The van der Waals surface area contributed by atoms with Gasteiger partial charge in [0.15, 0.2) is 0 Å². The van der Waals surface area contributed by atoms with E-state index in [2.05, 4.69) is 23.6 Å². The fourth-order valence-corrected chi connectivity index (χ4v) is 5.73. The number of fused-ring (bicyclic) bond motifs is 6. The van der Waals surface area contributed by atoms with E-state index in [1.807, 2.05) is 0 Å². The standard InChI is InChI=1S/C20H32N2O3/c1-13(2)8-20(24)25-16-6-7-21-11-14-9-15(18(21)10-16)12-22-17(14)4-3-5-19(22)23/h13-18H,3-12H2,1-2H3/t14?,15?,16-,17?,18?/m1/s1. The monoisotopic (exact) mass is 348 g/mol. The summed E-state index contributed by atoms with van der Waals surface area (Å²) in [5.74, 6) is 1.89. The topological polar surface area (TPSA) is 49.9 Å². The zero-order valence-electron chi connectivity index (χ0n) is 15.7. The van der Waals surface area contributed by atoms with E-state index in [9.17, 15) is 9.59 Å². The van der Waals surface area contributed by atoms with Gasteiger partial charge in [-0.25, -0.2) is 0 Å². The van der Waals surface area contributed by atoms with Gasteiger partial charge in [0.1, 0.15) is 6.10 Å². The Balaban J connectivity index is 1.41. The molecule has 0 saturated carbocycles. The molecule has 4 rings (SSSR count).